The monoisotopic (exact) mass is 292 g/mol. The fraction of sp³-hybridized carbons (Fsp3) is 0.312. The molecule has 0 amide bonds. The molecular formula is C16H15F3N2. The molecule has 1 aliphatic rings. The minimum Gasteiger partial charge on any atom is -0.313 e. The van der Waals surface area contributed by atoms with Gasteiger partial charge in [0.05, 0.1) is 5.56 Å². The fourth-order valence-corrected chi connectivity index (χ4v) is 3.06. The highest BCUT2D eigenvalue weighted by Gasteiger charge is 2.35. The van der Waals surface area contributed by atoms with Gasteiger partial charge >= 0.3 is 6.18 Å². The van der Waals surface area contributed by atoms with Gasteiger partial charge in [-0.15, -0.1) is 0 Å². The minimum atomic E-state index is -4.37. The fourth-order valence-electron chi connectivity index (χ4n) is 3.06. The first-order chi connectivity index (χ1) is 10.0. The average molecular weight is 292 g/mol. The third kappa shape index (κ3) is 2.42. The molecule has 0 spiro atoms. The number of nitrogens with zero attached hydrogens (tertiary/aromatic N) is 1. The molecule has 1 unspecified atom stereocenters. The summed E-state index contributed by atoms with van der Waals surface area (Å²) in [5.41, 5.74) is 2.27. The molecule has 5 heteroatoms. The molecule has 110 valence electrons. The molecule has 1 aromatic carbocycles. The second kappa shape index (κ2) is 5.15. The Morgan fingerprint density at radius 3 is 2.71 bits per heavy atom. The normalized spacial score (nSPS) is 17.8. The van der Waals surface area contributed by atoms with Gasteiger partial charge in [-0.05, 0) is 42.6 Å². The summed E-state index contributed by atoms with van der Waals surface area (Å²) in [7, 11) is 1.87. The Morgan fingerprint density at radius 2 is 2.00 bits per heavy atom. The first-order valence-electron chi connectivity index (χ1n) is 6.83. The van der Waals surface area contributed by atoms with Gasteiger partial charge in [-0.2, -0.15) is 13.2 Å². The Labute approximate surface area is 121 Å². The number of rotatable bonds is 2. The second-order valence-electron chi connectivity index (χ2n) is 5.17. The van der Waals surface area contributed by atoms with Gasteiger partial charge in [-0.1, -0.05) is 18.2 Å². The van der Waals surface area contributed by atoms with E-state index in [-0.39, 0.29) is 11.6 Å². The molecule has 1 aliphatic carbocycles. The molecule has 0 radical (unpaired) electrons. The number of hydrogen-bond donors (Lipinski definition) is 1. The first kappa shape index (κ1) is 14.1. The Morgan fingerprint density at radius 1 is 1.19 bits per heavy atom. The molecule has 0 aliphatic heterocycles. The molecule has 1 aromatic heterocycles. The summed E-state index contributed by atoms with van der Waals surface area (Å²) in [5, 5.41) is 3.21. The van der Waals surface area contributed by atoms with E-state index in [2.05, 4.69) is 10.3 Å². The van der Waals surface area contributed by atoms with Crippen LogP contribution in [0, 0.1) is 0 Å². The van der Waals surface area contributed by atoms with E-state index < -0.39 is 11.7 Å². The zero-order valence-corrected chi connectivity index (χ0v) is 11.5. The van der Waals surface area contributed by atoms with Gasteiger partial charge in [0.15, 0.2) is 0 Å². The molecule has 1 heterocycles. The predicted octanol–water partition coefficient (Wildman–Crippen LogP) is 3.97. The van der Waals surface area contributed by atoms with Crippen molar-refractivity contribution in [2.24, 2.45) is 0 Å². The van der Waals surface area contributed by atoms with Crippen LogP contribution in [0.25, 0.3) is 11.1 Å². The average Bonchev–Trinajstić information content (AvgIpc) is 2.89. The molecule has 0 fully saturated rings. The molecule has 3 rings (SSSR count). The van der Waals surface area contributed by atoms with E-state index in [0.717, 1.165) is 30.0 Å². The van der Waals surface area contributed by atoms with E-state index in [1.165, 1.54) is 12.4 Å². The summed E-state index contributed by atoms with van der Waals surface area (Å²) in [4.78, 5) is 3.88. The van der Waals surface area contributed by atoms with Crippen LogP contribution in [0.5, 0.6) is 0 Å². The van der Waals surface area contributed by atoms with Crippen LogP contribution in [0.3, 0.4) is 0 Å². The van der Waals surface area contributed by atoms with Gasteiger partial charge in [-0.3, -0.25) is 4.98 Å². The van der Waals surface area contributed by atoms with Crippen LogP contribution in [0.15, 0.2) is 36.7 Å². The van der Waals surface area contributed by atoms with Crippen molar-refractivity contribution in [1.82, 2.24) is 10.3 Å². The van der Waals surface area contributed by atoms with Crippen LogP contribution in [0.2, 0.25) is 0 Å². The van der Waals surface area contributed by atoms with Crippen molar-refractivity contribution in [2.75, 3.05) is 7.05 Å². The quantitative estimate of drug-likeness (QED) is 0.905. The van der Waals surface area contributed by atoms with E-state index in [9.17, 15) is 13.2 Å². The summed E-state index contributed by atoms with van der Waals surface area (Å²) >= 11 is 0. The van der Waals surface area contributed by atoms with Crippen LogP contribution in [0.1, 0.15) is 29.2 Å². The van der Waals surface area contributed by atoms with Crippen molar-refractivity contribution in [3.05, 3.63) is 53.3 Å². The number of fused-ring (bicyclic) bond motifs is 1. The SMILES string of the molecule is CNC1CCc2c(-c3cnccc3C(F)(F)F)cccc21. The summed E-state index contributed by atoms with van der Waals surface area (Å²) in [6.45, 7) is 0. The lowest BCUT2D eigenvalue weighted by atomic mass is 9.94. The highest BCUT2D eigenvalue weighted by atomic mass is 19.4. The topological polar surface area (TPSA) is 24.9 Å². The maximum absolute atomic E-state index is 13.2. The highest BCUT2D eigenvalue weighted by Crippen LogP contribution is 2.42. The Hall–Kier alpha value is -1.88. The number of alkyl halides is 3. The maximum atomic E-state index is 13.2. The molecule has 21 heavy (non-hydrogen) atoms. The lowest BCUT2D eigenvalue weighted by Crippen LogP contribution is -2.12. The van der Waals surface area contributed by atoms with Gasteiger partial charge in [0.1, 0.15) is 0 Å². The maximum Gasteiger partial charge on any atom is 0.417 e. The van der Waals surface area contributed by atoms with E-state index in [4.69, 9.17) is 0 Å². The van der Waals surface area contributed by atoms with Gasteiger partial charge < -0.3 is 5.32 Å². The molecule has 2 aromatic rings. The van der Waals surface area contributed by atoms with Crippen LogP contribution in [-0.4, -0.2) is 12.0 Å². The van der Waals surface area contributed by atoms with Crippen molar-refractivity contribution < 1.29 is 13.2 Å². The van der Waals surface area contributed by atoms with Crippen molar-refractivity contribution in [2.45, 2.75) is 25.1 Å². The van der Waals surface area contributed by atoms with E-state index in [0.29, 0.717) is 5.56 Å². The second-order valence-corrected chi connectivity index (χ2v) is 5.17. The Balaban J connectivity index is 2.18. The Bertz CT molecular complexity index is 665. The molecule has 0 saturated heterocycles. The summed E-state index contributed by atoms with van der Waals surface area (Å²) in [6.07, 6.45) is -0.188. The van der Waals surface area contributed by atoms with Crippen LogP contribution in [0.4, 0.5) is 13.2 Å². The largest absolute Gasteiger partial charge is 0.417 e. The third-order valence-electron chi connectivity index (χ3n) is 4.04. The smallest absolute Gasteiger partial charge is 0.313 e. The lowest BCUT2D eigenvalue weighted by molar-refractivity contribution is -0.137. The van der Waals surface area contributed by atoms with Crippen molar-refractivity contribution in [3.8, 4) is 11.1 Å². The number of nitrogens with one attached hydrogen (secondary N) is 1. The minimum absolute atomic E-state index is 0.165. The van der Waals surface area contributed by atoms with Gasteiger partial charge in [0, 0.05) is 24.0 Å². The lowest BCUT2D eigenvalue weighted by Gasteiger charge is -2.16. The molecule has 0 bridgehead atoms. The zero-order valence-electron chi connectivity index (χ0n) is 11.5. The molecule has 1 N–H and O–H groups in total. The summed E-state index contributed by atoms with van der Waals surface area (Å²) in [5.74, 6) is 0. The Kier molecular flexibility index (Phi) is 3.45. The van der Waals surface area contributed by atoms with Crippen molar-refractivity contribution >= 4 is 0 Å². The molecule has 0 saturated carbocycles. The van der Waals surface area contributed by atoms with E-state index >= 15 is 0 Å². The first-order valence-corrected chi connectivity index (χ1v) is 6.83. The van der Waals surface area contributed by atoms with Crippen LogP contribution >= 0.6 is 0 Å². The summed E-state index contributed by atoms with van der Waals surface area (Å²) in [6, 6.07) is 6.81. The highest BCUT2D eigenvalue weighted by molar-refractivity contribution is 5.72. The van der Waals surface area contributed by atoms with Crippen LogP contribution < -0.4 is 5.32 Å². The van der Waals surface area contributed by atoms with Gasteiger partial charge in [0.2, 0.25) is 0 Å². The van der Waals surface area contributed by atoms with E-state index in [1.54, 1.807) is 6.07 Å². The number of hydrogen-bond acceptors (Lipinski definition) is 2. The summed E-state index contributed by atoms with van der Waals surface area (Å²) < 4.78 is 39.6. The molecular weight excluding hydrogens is 277 g/mol. The van der Waals surface area contributed by atoms with Gasteiger partial charge in [0.25, 0.3) is 0 Å². The van der Waals surface area contributed by atoms with Crippen molar-refractivity contribution in [3.63, 3.8) is 0 Å². The number of benzene rings is 1. The molecule has 2 nitrogen and oxygen atoms in total. The third-order valence-corrected chi connectivity index (χ3v) is 4.04. The van der Waals surface area contributed by atoms with Crippen molar-refractivity contribution in [1.29, 1.82) is 0 Å². The zero-order chi connectivity index (χ0) is 15.0. The number of halogens is 3. The molecule has 1 atom stereocenters. The predicted molar refractivity (Wildman–Crippen MR) is 74.8 cm³/mol. The van der Waals surface area contributed by atoms with E-state index in [1.807, 2.05) is 19.2 Å². The number of pyridine rings is 1. The standard InChI is InChI=1S/C16H15F3N2/c1-20-15-6-5-11-10(3-2-4-12(11)15)13-9-21-8-7-14(13)16(17,18)19/h2-4,7-9,15,20H,5-6H2,1H3. The number of aromatic nitrogens is 1. The van der Waals surface area contributed by atoms with Crippen LogP contribution in [-0.2, 0) is 12.6 Å². The van der Waals surface area contributed by atoms with Gasteiger partial charge in [-0.25, -0.2) is 0 Å².